The summed E-state index contributed by atoms with van der Waals surface area (Å²) in [6, 6.07) is 2.51. The third-order valence-electron chi connectivity index (χ3n) is 3.55. The number of aromatic nitrogens is 2. The van der Waals surface area contributed by atoms with Gasteiger partial charge in [0.1, 0.15) is 10.6 Å². The summed E-state index contributed by atoms with van der Waals surface area (Å²) in [6.45, 7) is 6.77. The Morgan fingerprint density at radius 3 is 3.10 bits per heavy atom. The minimum Gasteiger partial charge on any atom is -0.379 e. The maximum Gasteiger partial charge on any atom is 0.226 e. The van der Waals surface area contributed by atoms with Gasteiger partial charge in [0.15, 0.2) is 0 Å². The first kappa shape index (κ1) is 14.5. The van der Waals surface area contributed by atoms with Gasteiger partial charge in [0.25, 0.3) is 0 Å². The van der Waals surface area contributed by atoms with Crippen molar-refractivity contribution < 1.29 is 4.74 Å². The summed E-state index contributed by atoms with van der Waals surface area (Å²) in [5, 5.41) is 7.95. The van der Waals surface area contributed by atoms with Crippen LogP contribution in [0.3, 0.4) is 0 Å². The van der Waals surface area contributed by atoms with Crippen molar-refractivity contribution in [1.29, 1.82) is 0 Å². The molecule has 3 rings (SSSR count). The number of hydrogen-bond donors (Lipinski definition) is 2. The van der Waals surface area contributed by atoms with Crippen LogP contribution in [0.2, 0.25) is 0 Å². The van der Waals surface area contributed by atoms with E-state index in [1.165, 1.54) is 4.88 Å². The number of aryl methyl sites for hydroxylation is 1. The van der Waals surface area contributed by atoms with E-state index in [4.69, 9.17) is 4.74 Å². The van der Waals surface area contributed by atoms with Gasteiger partial charge in [-0.2, -0.15) is 4.98 Å². The summed E-state index contributed by atoms with van der Waals surface area (Å²) in [6.07, 6.45) is 3.30. The lowest BCUT2D eigenvalue weighted by molar-refractivity contribution is 0.0875. The van der Waals surface area contributed by atoms with Gasteiger partial charge in [-0.15, -0.1) is 11.3 Å². The molecule has 1 fully saturated rings. The lowest BCUT2D eigenvalue weighted by Gasteiger charge is -2.24. The molecule has 1 atom stereocenters. The van der Waals surface area contributed by atoms with Gasteiger partial charge in [0.2, 0.25) is 5.95 Å². The third kappa shape index (κ3) is 3.44. The lowest BCUT2D eigenvalue weighted by atomic mass is 10.1. The summed E-state index contributed by atoms with van der Waals surface area (Å²) in [4.78, 5) is 11.6. The van der Waals surface area contributed by atoms with Gasteiger partial charge in [0, 0.05) is 18.0 Å². The zero-order valence-electron chi connectivity index (χ0n) is 12.6. The summed E-state index contributed by atoms with van der Waals surface area (Å²) in [5.41, 5.74) is 0. The lowest BCUT2D eigenvalue weighted by Crippen LogP contribution is -2.30. The molecule has 114 valence electrons. The van der Waals surface area contributed by atoms with Crippen LogP contribution in [0.4, 0.5) is 11.8 Å². The fourth-order valence-electron chi connectivity index (χ4n) is 2.52. The average molecular weight is 306 g/mol. The Hall–Kier alpha value is -1.40. The second-order valence-electron chi connectivity index (χ2n) is 5.46. The normalized spacial score (nSPS) is 18.9. The predicted octanol–water partition coefficient (Wildman–Crippen LogP) is 3.41. The molecule has 1 aliphatic heterocycles. The summed E-state index contributed by atoms with van der Waals surface area (Å²) in [5.74, 6) is 1.64. The number of anilines is 2. The van der Waals surface area contributed by atoms with E-state index in [-0.39, 0.29) is 0 Å². The van der Waals surface area contributed by atoms with Crippen LogP contribution in [-0.2, 0) is 4.74 Å². The molecule has 1 saturated heterocycles. The predicted molar refractivity (Wildman–Crippen MR) is 88.4 cm³/mol. The molecular weight excluding hydrogens is 284 g/mol. The van der Waals surface area contributed by atoms with Crippen molar-refractivity contribution in [1.82, 2.24) is 9.97 Å². The number of rotatable bonds is 5. The first-order chi connectivity index (χ1) is 10.3. The molecule has 1 unspecified atom stereocenters. The Bertz CT molecular complexity index is 607. The summed E-state index contributed by atoms with van der Waals surface area (Å²) in [7, 11) is 0. The first-order valence-electron chi connectivity index (χ1n) is 7.62. The second-order valence-corrected chi connectivity index (χ2v) is 6.69. The molecule has 2 aromatic heterocycles. The van der Waals surface area contributed by atoms with Crippen LogP contribution in [0.1, 0.15) is 31.1 Å². The van der Waals surface area contributed by atoms with Crippen molar-refractivity contribution in [3.8, 4) is 0 Å². The van der Waals surface area contributed by atoms with E-state index < -0.39 is 0 Å². The Kier molecular flexibility index (Phi) is 4.55. The van der Waals surface area contributed by atoms with Crippen LogP contribution in [0, 0.1) is 6.92 Å². The fourth-order valence-corrected chi connectivity index (χ4v) is 3.40. The number of hydrogen-bond acceptors (Lipinski definition) is 6. The zero-order chi connectivity index (χ0) is 14.7. The number of nitrogens with one attached hydrogen (secondary N) is 2. The Morgan fingerprint density at radius 1 is 1.43 bits per heavy atom. The van der Waals surface area contributed by atoms with Crippen molar-refractivity contribution in [2.75, 3.05) is 30.4 Å². The molecule has 0 saturated carbocycles. The van der Waals surface area contributed by atoms with E-state index >= 15 is 0 Å². The standard InChI is InChI=1S/C15H22N4OS/c1-3-6-16-15-18-13(17-11-5-4-7-20-9-11)12-8-10(2)21-14(12)19-15/h8,11H,3-7,9H2,1-2H3,(H2,16,17,18,19). The fraction of sp³-hybridized carbons (Fsp3) is 0.600. The van der Waals surface area contributed by atoms with Crippen LogP contribution in [-0.4, -0.2) is 35.8 Å². The molecule has 0 spiro atoms. The molecule has 0 aromatic carbocycles. The highest BCUT2D eigenvalue weighted by Gasteiger charge is 2.17. The number of fused-ring (bicyclic) bond motifs is 1. The molecule has 0 aliphatic carbocycles. The van der Waals surface area contributed by atoms with E-state index in [1.54, 1.807) is 11.3 Å². The quantitative estimate of drug-likeness (QED) is 0.886. The van der Waals surface area contributed by atoms with Crippen LogP contribution < -0.4 is 10.6 Å². The topological polar surface area (TPSA) is 59.1 Å². The molecule has 3 heterocycles. The molecule has 0 radical (unpaired) electrons. The van der Waals surface area contributed by atoms with Crippen molar-refractivity contribution in [3.63, 3.8) is 0 Å². The van der Waals surface area contributed by atoms with Gasteiger partial charge >= 0.3 is 0 Å². The summed E-state index contributed by atoms with van der Waals surface area (Å²) < 4.78 is 5.55. The number of ether oxygens (including phenoxy) is 1. The van der Waals surface area contributed by atoms with Crippen molar-refractivity contribution in [2.24, 2.45) is 0 Å². The van der Waals surface area contributed by atoms with Crippen LogP contribution in [0.5, 0.6) is 0 Å². The largest absolute Gasteiger partial charge is 0.379 e. The minimum atomic E-state index is 0.344. The van der Waals surface area contributed by atoms with Crippen LogP contribution in [0.15, 0.2) is 6.07 Å². The molecule has 2 aromatic rings. The molecule has 6 heteroatoms. The maximum absolute atomic E-state index is 5.55. The molecule has 5 nitrogen and oxygen atoms in total. The number of nitrogens with zero attached hydrogens (tertiary/aromatic N) is 2. The van der Waals surface area contributed by atoms with Gasteiger partial charge in [-0.05, 0) is 32.3 Å². The van der Waals surface area contributed by atoms with E-state index in [9.17, 15) is 0 Å². The Balaban J connectivity index is 1.89. The van der Waals surface area contributed by atoms with E-state index in [1.807, 2.05) is 0 Å². The molecule has 1 aliphatic rings. The maximum atomic E-state index is 5.55. The molecular formula is C15H22N4OS. The van der Waals surface area contributed by atoms with Gasteiger partial charge in [-0.3, -0.25) is 0 Å². The minimum absolute atomic E-state index is 0.344. The number of thiophene rings is 1. The zero-order valence-corrected chi connectivity index (χ0v) is 13.4. The van der Waals surface area contributed by atoms with Gasteiger partial charge < -0.3 is 15.4 Å². The SMILES string of the molecule is CCCNc1nc(NC2CCCOC2)c2cc(C)sc2n1. The monoisotopic (exact) mass is 306 g/mol. The molecule has 21 heavy (non-hydrogen) atoms. The van der Waals surface area contributed by atoms with Gasteiger partial charge in [0.05, 0.1) is 18.0 Å². The molecule has 0 bridgehead atoms. The van der Waals surface area contributed by atoms with Crippen molar-refractivity contribution >= 4 is 33.3 Å². The molecule has 2 N–H and O–H groups in total. The third-order valence-corrected chi connectivity index (χ3v) is 4.49. The average Bonchev–Trinajstić information content (AvgIpc) is 2.87. The van der Waals surface area contributed by atoms with Gasteiger partial charge in [-0.25, -0.2) is 4.98 Å². The smallest absolute Gasteiger partial charge is 0.226 e. The molecule has 0 amide bonds. The highest BCUT2D eigenvalue weighted by Crippen LogP contribution is 2.30. The highest BCUT2D eigenvalue weighted by atomic mass is 32.1. The van der Waals surface area contributed by atoms with E-state index in [2.05, 4.69) is 40.5 Å². The van der Waals surface area contributed by atoms with E-state index in [0.717, 1.165) is 55.1 Å². The van der Waals surface area contributed by atoms with E-state index in [0.29, 0.717) is 12.0 Å². The highest BCUT2D eigenvalue weighted by molar-refractivity contribution is 7.18. The summed E-state index contributed by atoms with van der Waals surface area (Å²) >= 11 is 1.71. The van der Waals surface area contributed by atoms with Crippen molar-refractivity contribution in [3.05, 3.63) is 10.9 Å². The van der Waals surface area contributed by atoms with Crippen molar-refractivity contribution in [2.45, 2.75) is 39.2 Å². The van der Waals surface area contributed by atoms with Crippen LogP contribution >= 0.6 is 11.3 Å². The Morgan fingerprint density at radius 2 is 2.33 bits per heavy atom. The van der Waals surface area contributed by atoms with Gasteiger partial charge in [-0.1, -0.05) is 6.92 Å². The first-order valence-corrected chi connectivity index (χ1v) is 8.44. The van der Waals surface area contributed by atoms with Crippen LogP contribution in [0.25, 0.3) is 10.2 Å². The second kappa shape index (κ2) is 6.58. The Labute approximate surface area is 129 Å².